The fraction of sp³-hybridized carbons (Fsp3) is 0.527. The zero-order valence-corrected chi connectivity index (χ0v) is 40.5. The fourth-order valence-corrected chi connectivity index (χ4v) is 13.8. The number of fused-ring (bicyclic) bond motifs is 6. The van der Waals surface area contributed by atoms with Crippen molar-refractivity contribution in [3.63, 3.8) is 0 Å². The Balaban J connectivity index is 1.41. The Hall–Kier alpha value is -3.37. The Morgan fingerprint density at radius 1 is 0.559 bits per heavy atom. The molecule has 2 unspecified atom stereocenters. The average Bonchev–Trinajstić information content (AvgIpc) is 3.54. The molecule has 3 aliphatic heterocycles. The topological polar surface area (TPSA) is 6.48 Å². The van der Waals surface area contributed by atoms with E-state index in [2.05, 4.69) is 200 Å². The first kappa shape index (κ1) is 41.0. The number of thioether (sulfide) groups is 1. The summed E-state index contributed by atoms with van der Waals surface area (Å²) in [5.74, 6) is 0.437. The fourth-order valence-electron chi connectivity index (χ4n) is 11.8. The molecule has 0 bridgehead atoms. The van der Waals surface area contributed by atoms with Crippen molar-refractivity contribution in [3.05, 3.63) is 110 Å². The predicted octanol–water partition coefficient (Wildman–Crippen LogP) is 14.4. The van der Waals surface area contributed by atoms with Crippen molar-refractivity contribution in [2.75, 3.05) is 9.80 Å². The molecule has 0 aromatic heterocycles. The van der Waals surface area contributed by atoms with E-state index in [4.69, 9.17) is 0 Å². The van der Waals surface area contributed by atoms with Crippen LogP contribution in [0.3, 0.4) is 0 Å². The van der Waals surface area contributed by atoms with E-state index in [9.17, 15) is 0 Å². The smallest absolute Gasteiger partial charge is 0.259 e. The van der Waals surface area contributed by atoms with Gasteiger partial charge in [0.1, 0.15) is 0 Å². The third kappa shape index (κ3) is 6.17. The van der Waals surface area contributed by atoms with Crippen molar-refractivity contribution in [2.45, 2.75) is 170 Å². The van der Waals surface area contributed by atoms with Gasteiger partial charge in [0.05, 0.1) is 0 Å². The third-order valence-electron chi connectivity index (χ3n) is 15.8. The molecule has 0 spiro atoms. The molecule has 4 heteroatoms. The van der Waals surface area contributed by atoms with Crippen LogP contribution in [-0.4, -0.2) is 12.0 Å². The van der Waals surface area contributed by atoms with Crippen LogP contribution in [0.25, 0.3) is 0 Å². The number of hydrogen-bond donors (Lipinski definition) is 0. The van der Waals surface area contributed by atoms with Crippen molar-refractivity contribution >= 4 is 57.8 Å². The number of allylic oxidation sites excluding steroid dienone is 1. The molecule has 0 N–H and O–H groups in total. The second-order valence-corrected chi connectivity index (χ2v) is 25.5. The lowest BCUT2D eigenvalue weighted by Gasteiger charge is -2.52. The van der Waals surface area contributed by atoms with E-state index in [1.165, 1.54) is 98.4 Å². The average molecular weight is 803 g/mol. The molecule has 5 aliphatic rings. The largest absolute Gasteiger partial charge is 0.314 e. The van der Waals surface area contributed by atoms with Gasteiger partial charge in [0.2, 0.25) is 0 Å². The first-order valence-electron chi connectivity index (χ1n) is 22.8. The normalized spacial score (nSPS) is 23.4. The maximum atomic E-state index is 2.81. The van der Waals surface area contributed by atoms with E-state index in [0.717, 1.165) is 0 Å². The third-order valence-corrected chi connectivity index (χ3v) is 17.7. The van der Waals surface area contributed by atoms with Crippen molar-refractivity contribution in [1.82, 2.24) is 0 Å². The standard InChI is InChI=1S/C55H71BN2S/c1-32-26-43-46-44(27-32)58(41-21-19-36(29-34(41)3)51(7,8)9)47-45-48(55(16,17)25-24-54(45,14)15)59-49(47)56(46)39-30-37-38(53(12,13)23-22-52(37,10)11)31-42(39)57(43)40-20-18-35(28-33(40)2)50(4,5)6/h18-21,26-31,45,48H,22-25H2,1-17H3. The van der Waals surface area contributed by atoms with E-state index in [0.29, 0.717) is 11.2 Å². The number of aryl methyl sites for hydroxylation is 3. The summed E-state index contributed by atoms with van der Waals surface area (Å²) < 4.78 is 0. The predicted molar refractivity (Wildman–Crippen MR) is 260 cm³/mol. The Labute approximate surface area is 363 Å². The quantitative estimate of drug-likeness (QED) is 0.186. The molecule has 3 heterocycles. The zero-order valence-electron chi connectivity index (χ0n) is 39.6. The highest BCUT2D eigenvalue weighted by molar-refractivity contribution is 8.06. The van der Waals surface area contributed by atoms with Gasteiger partial charge in [0.15, 0.2) is 0 Å². The van der Waals surface area contributed by atoms with E-state index in [1.54, 1.807) is 16.1 Å². The van der Waals surface area contributed by atoms with Crippen LogP contribution < -0.4 is 20.7 Å². The molecule has 310 valence electrons. The Kier molecular flexibility index (Phi) is 8.93. The number of benzene rings is 4. The lowest BCUT2D eigenvalue weighted by Crippen LogP contribution is -2.56. The van der Waals surface area contributed by atoms with Gasteiger partial charge in [-0.05, 0) is 164 Å². The highest BCUT2D eigenvalue weighted by Gasteiger charge is 2.60. The van der Waals surface area contributed by atoms with E-state index in [-0.39, 0.29) is 39.2 Å². The van der Waals surface area contributed by atoms with E-state index >= 15 is 0 Å². The van der Waals surface area contributed by atoms with Gasteiger partial charge in [-0.15, -0.1) is 11.8 Å². The van der Waals surface area contributed by atoms with Crippen LogP contribution in [0.4, 0.5) is 28.4 Å². The highest BCUT2D eigenvalue weighted by Crippen LogP contribution is 2.66. The number of anilines is 5. The van der Waals surface area contributed by atoms with Gasteiger partial charge in [-0.25, -0.2) is 0 Å². The van der Waals surface area contributed by atoms with Gasteiger partial charge in [0, 0.05) is 45.3 Å². The molecule has 2 nitrogen and oxygen atoms in total. The number of hydrogen-bond acceptors (Lipinski definition) is 3. The highest BCUT2D eigenvalue weighted by atomic mass is 32.2. The molecule has 1 saturated carbocycles. The lowest BCUT2D eigenvalue weighted by atomic mass is 9.35. The maximum absolute atomic E-state index is 2.81. The van der Waals surface area contributed by atoms with Crippen LogP contribution in [0.5, 0.6) is 0 Å². The molecule has 1 fully saturated rings. The summed E-state index contributed by atoms with van der Waals surface area (Å²) in [5, 5.41) is 0.508. The molecule has 2 atom stereocenters. The summed E-state index contributed by atoms with van der Waals surface area (Å²) in [6, 6.07) is 25.2. The van der Waals surface area contributed by atoms with Gasteiger partial charge in [0.25, 0.3) is 6.71 Å². The Morgan fingerprint density at radius 3 is 1.58 bits per heavy atom. The van der Waals surface area contributed by atoms with E-state index < -0.39 is 0 Å². The Bertz CT molecular complexity index is 2460. The summed E-state index contributed by atoms with van der Waals surface area (Å²) in [6.45, 7) is 41.6. The molecule has 9 rings (SSSR count). The monoisotopic (exact) mass is 803 g/mol. The summed E-state index contributed by atoms with van der Waals surface area (Å²) in [4.78, 5) is 7.12. The SMILES string of the molecule is Cc1cc2c3c(c1)N(c1ccc(C(C)(C)C)cc1C)c1cc4c(cc1B3C1=C(C3C(S1)C(C)(C)CCC3(C)C)N2c1ccc(C(C)(C)C)cc1C)C(C)(C)CCC4(C)C. The number of rotatable bonds is 2. The molecule has 59 heavy (non-hydrogen) atoms. The first-order valence-corrected chi connectivity index (χ1v) is 23.7. The minimum Gasteiger partial charge on any atom is -0.314 e. The van der Waals surface area contributed by atoms with Crippen LogP contribution in [0.1, 0.15) is 162 Å². The van der Waals surface area contributed by atoms with Gasteiger partial charge >= 0.3 is 0 Å². The molecule has 2 aliphatic carbocycles. The summed E-state index contributed by atoms with van der Waals surface area (Å²) in [5.41, 5.74) is 22.0. The van der Waals surface area contributed by atoms with Gasteiger partial charge in [-0.3, -0.25) is 0 Å². The van der Waals surface area contributed by atoms with Crippen LogP contribution in [0.15, 0.2) is 71.2 Å². The summed E-state index contributed by atoms with van der Waals surface area (Å²) >= 11 is 2.27. The van der Waals surface area contributed by atoms with Crippen LogP contribution in [0, 0.1) is 37.5 Å². The molecule has 4 aromatic carbocycles. The van der Waals surface area contributed by atoms with Crippen LogP contribution in [-0.2, 0) is 21.7 Å². The Morgan fingerprint density at radius 2 is 1.05 bits per heavy atom. The maximum Gasteiger partial charge on any atom is 0.259 e. The van der Waals surface area contributed by atoms with Crippen LogP contribution in [0.2, 0.25) is 0 Å². The van der Waals surface area contributed by atoms with Gasteiger partial charge < -0.3 is 9.80 Å². The van der Waals surface area contributed by atoms with Gasteiger partial charge in [-0.2, -0.15) is 0 Å². The molecular formula is C55H71BN2S. The second-order valence-electron chi connectivity index (χ2n) is 24.3. The van der Waals surface area contributed by atoms with Crippen molar-refractivity contribution in [1.29, 1.82) is 0 Å². The first-order chi connectivity index (χ1) is 27.2. The summed E-state index contributed by atoms with van der Waals surface area (Å²) in [6.07, 6.45) is 4.92. The number of nitrogens with zero attached hydrogens (tertiary/aromatic N) is 2. The van der Waals surface area contributed by atoms with Crippen molar-refractivity contribution in [3.8, 4) is 0 Å². The summed E-state index contributed by atoms with van der Waals surface area (Å²) in [7, 11) is 0. The molecule has 0 amide bonds. The second kappa shape index (κ2) is 12.8. The molecule has 0 saturated heterocycles. The molecule has 4 aromatic rings. The van der Waals surface area contributed by atoms with Gasteiger partial charge in [-0.1, -0.05) is 127 Å². The lowest BCUT2D eigenvalue weighted by molar-refractivity contribution is 0.0881. The van der Waals surface area contributed by atoms with Crippen molar-refractivity contribution in [2.24, 2.45) is 16.7 Å². The van der Waals surface area contributed by atoms with E-state index in [1.807, 2.05) is 0 Å². The minimum atomic E-state index is 0.0766. The zero-order chi connectivity index (χ0) is 42.7. The minimum absolute atomic E-state index is 0.0766. The van der Waals surface area contributed by atoms with Crippen LogP contribution >= 0.6 is 11.8 Å². The molecular weight excluding hydrogens is 731 g/mol. The molecule has 0 radical (unpaired) electrons. The van der Waals surface area contributed by atoms with Crippen molar-refractivity contribution < 1.29 is 0 Å².